The molecule has 1 heterocycles. The quantitative estimate of drug-likeness (QED) is 0.292. The van der Waals surface area contributed by atoms with Gasteiger partial charge in [0.15, 0.2) is 6.29 Å². The minimum atomic E-state index is -1.65. The smallest absolute Gasteiger partial charge is 0.180 e. The lowest BCUT2D eigenvalue weighted by atomic mass is 9.96. The molecule has 4 nitrogen and oxygen atoms in total. The minimum absolute atomic E-state index is 0.252. The summed E-state index contributed by atoms with van der Waals surface area (Å²) in [4.78, 5) is 0. The fraction of sp³-hybridized carbons (Fsp3) is 1.00. The van der Waals surface area contributed by atoms with Gasteiger partial charge in [0.05, 0.1) is 6.10 Å². The zero-order valence-electron chi connectivity index (χ0n) is 5.34. The standard InChI is InChI=1S/C5H9BO4/c6-3-1-2(7)4(10-3)5(8)9/h2-5,7-9H,1H2/t2-,3-,4+/m1/s1. The molecule has 56 valence electrons. The van der Waals surface area contributed by atoms with Crippen LogP contribution in [0, 0.1) is 0 Å². The Bertz CT molecular complexity index is 118. The predicted octanol–water partition coefficient (Wildman–Crippen LogP) is -2.06. The Kier molecular flexibility index (Phi) is 2.30. The third-order valence-corrected chi connectivity index (χ3v) is 1.48. The number of ether oxygens (including phenoxy) is 1. The summed E-state index contributed by atoms with van der Waals surface area (Å²) in [5, 5.41) is 26.1. The fourth-order valence-corrected chi connectivity index (χ4v) is 0.989. The summed E-state index contributed by atoms with van der Waals surface area (Å²) < 4.78 is 4.76. The van der Waals surface area contributed by atoms with Gasteiger partial charge in [-0.2, -0.15) is 0 Å². The van der Waals surface area contributed by atoms with Crippen molar-refractivity contribution in [1.29, 1.82) is 0 Å². The largest absolute Gasteiger partial charge is 0.390 e. The molecular weight excluding hydrogens is 135 g/mol. The number of aliphatic hydroxyl groups is 3. The summed E-state index contributed by atoms with van der Waals surface area (Å²) in [5.74, 6) is 0. The van der Waals surface area contributed by atoms with Crippen LogP contribution < -0.4 is 0 Å². The molecule has 0 spiro atoms. The SMILES string of the molecule is [B][C@H]1C[C@@H](O)[C@@H](C(O)O)O1. The van der Waals surface area contributed by atoms with Crippen LogP contribution in [0.4, 0.5) is 0 Å². The van der Waals surface area contributed by atoms with Crippen molar-refractivity contribution in [2.24, 2.45) is 0 Å². The van der Waals surface area contributed by atoms with Gasteiger partial charge in [0.1, 0.15) is 14.0 Å². The molecule has 1 aliphatic heterocycles. The maximum atomic E-state index is 9.00. The predicted molar refractivity (Wildman–Crippen MR) is 33.3 cm³/mol. The van der Waals surface area contributed by atoms with Crippen LogP contribution >= 0.6 is 0 Å². The first-order valence-electron chi connectivity index (χ1n) is 3.06. The van der Waals surface area contributed by atoms with Crippen LogP contribution in [0.15, 0.2) is 0 Å². The first-order valence-corrected chi connectivity index (χ1v) is 3.06. The van der Waals surface area contributed by atoms with E-state index >= 15 is 0 Å². The Morgan fingerprint density at radius 3 is 2.30 bits per heavy atom. The Morgan fingerprint density at radius 1 is 1.50 bits per heavy atom. The Balaban J connectivity index is 2.46. The molecule has 0 aromatic heterocycles. The minimum Gasteiger partial charge on any atom is -0.390 e. The molecule has 5 heteroatoms. The molecule has 0 amide bonds. The van der Waals surface area contributed by atoms with E-state index in [-0.39, 0.29) is 6.42 Å². The van der Waals surface area contributed by atoms with Gasteiger partial charge < -0.3 is 20.1 Å². The van der Waals surface area contributed by atoms with E-state index in [1.807, 2.05) is 0 Å². The topological polar surface area (TPSA) is 69.9 Å². The molecule has 1 fully saturated rings. The Labute approximate surface area is 59.8 Å². The van der Waals surface area contributed by atoms with E-state index < -0.39 is 24.5 Å². The second kappa shape index (κ2) is 2.88. The van der Waals surface area contributed by atoms with Gasteiger partial charge in [0.2, 0.25) is 0 Å². The molecule has 0 unspecified atom stereocenters. The molecule has 10 heavy (non-hydrogen) atoms. The van der Waals surface area contributed by atoms with Crippen molar-refractivity contribution in [2.75, 3.05) is 0 Å². The van der Waals surface area contributed by atoms with Crippen molar-refractivity contribution >= 4 is 7.85 Å². The first kappa shape index (κ1) is 8.01. The lowest BCUT2D eigenvalue weighted by Crippen LogP contribution is -2.34. The molecule has 0 aromatic rings. The summed E-state index contributed by atoms with van der Waals surface area (Å²) in [7, 11) is 5.25. The van der Waals surface area contributed by atoms with E-state index in [0.717, 1.165) is 0 Å². The summed E-state index contributed by atoms with van der Waals surface area (Å²) in [6, 6.07) is -0.582. The van der Waals surface area contributed by atoms with Gasteiger partial charge in [-0.25, -0.2) is 0 Å². The molecular formula is C5H9BO4. The average molecular weight is 144 g/mol. The molecule has 3 N–H and O–H groups in total. The van der Waals surface area contributed by atoms with Crippen LogP contribution in [0.5, 0.6) is 0 Å². The number of rotatable bonds is 1. The lowest BCUT2D eigenvalue weighted by Gasteiger charge is -2.15. The van der Waals surface area contributed by atoms with E-state index in [2.05, 4.69) is 0 Å². The van der Waals surface area contributed by atoms with Crippen molar-refractivity contribution < 1.29 is 20.1 Å². The average Bonchev–Trinajstić information content (AvgIpc) is 2.10. The first-order chi connectivity index (χ1) is 4.61. The molecule has 0 aromatic carbocycles. The summed E-state index contributed by atoms with van der Waals surface area (Å²) in [6.45, 7) is 0. The molecule has 0 saturated carbocycles. The van der Waals surface area contributed by atoms with Crippen molar-refractivity contribution in [1.82, 2.24) is 0 Å². The van der Waals surface area contributed by atoms with Crippen molar-refractivity contribution in [2.45, 2.75) is 30.9 Å². The molecule has 3 atom stereocenters. The van der Waals surface area contributed by atoms with Gasteiger partial charge in [0, 0.05) is 6.00 Å². The van der Waals surface area contributed by atoms with Crippen LogP contribution in [-0.4, -0.2) is 47.7 Å². The lowest BCUT2D eigenvalue weighted by molar-refractivity contribution is -0.153. The summed E-state index contributed by atoms with van der Waals surface area (Å²) in [6.07, 6.45) is -3.21. The molecule has 1 aliphatic rings. The highest BCUT2D eigenvalue weighted by atomic mass is 16.6. The maximum absolute atomic E-state index is 9.00. The maximum Gasteiger partial charge on any atom is 0.180 e. The van der Waals surface area contributed by atoms with Gasteiger partial charge in [-0.1, -0.05) is 0 Å². The third kappa shape index (κ3) is 1.49. The zero-order valence-corrected chi connectivity index (χ0v) is 5.34. The van der Waals surface area contributed by atoms with Gasteiger partial charge in [-0.05, 0) is 6.42 Å². The van der Waals surface area contributed by atoms with E-state index in [1.54, 1.807) is 0 Å². The van der Waals surface area contributed by atoms with Crippen LogP contribution in [0.25, 0.3) is 0 Å². The second-order valence-corrected chi connectivity index (χ2v) is 2.36. The van der Waals surface area contributed by atoms with Gasteiger partial charge in [-0.3, -0.25) is 0 Å². The van der Waals surface area contributed by atoms with E-state index in [1.165, 1.54) is 0 Å². The highest BCUT2D eigenvalue weighted by Gasteiger charge is 2.35. The van der Waals surface area contributed by atoms with Gasteiger partial charge >= 0.3 is 0 Å². The third-order valence-electron chi connectivity index (χ3n) is 1.48. The summed E-state index contributed by atoms with van der Waals surface area (Å²) >= 11 is 0. The Morgan fingerprint density at radius 2 is 2.10 bits per heavy atom. The summed E-state index contributed by atoms with van der Waals surface area (Å²) in [5.41, 5.74) is 0. The van der Waals surface area contributed by atoms with E-state index in [0.29, 0.717) is 0 Å². The second-order valence-electron chi connectivity index (χ2n) is 2.36. The monoisotopic (exact) mass is 144 g/mol. The van der Waals surface area contributed by atoms with Crippen molar-refractivity contribution in [3.63, 3.8) is 0 Å². The highest BCUT2D eigenvalue weighted by molar-refractivity contribution is 6.11. The van der Waals surface area contributed by atoms with Crippen LogP contribution in [0.1, 0.15) is 6.42 Å². The molecule has 0 aliphatic carbocycles. The van der Waals surface area contributed by atoms with Crippen LogP contribution in [0.3, 0.4) is 0 Å². The zero-order chi connectivity index (χ0) is 7.72. The normalized spacial score (nSPS) is 41.0. The number of hydrogen-bond donors (Lipinski definition) is 3. The van der Waals surface area contributed by atoms with Gasteiger partial charge in [-0.15, -0.1) is 0 Å². The molecule has 1 rings (SSSR count). The fourth-order valence-electron chi connectivity index (χ4n) is 0.989. The van der Waals surface area contributed by atoms with Crippen molar-refractivity contribution in [3.8, 4) is 0 Å². The Hall–Kier alpha value is -0.0951. The number of aliphatic hydroxyl groups excluding tert-OH is 2. The molecule has 1 saturated heterocycles. The number of hydrogen-bond acceptors (Lipinski definition) is 4. The van der Waals surface area contributed by atoms with E-state index in [4.69, 9.17) is 27.9 Å². The van der Waals surface area contributed by atoms with Crippen molar-refractivity contribution in [3.05, 3.63) is 0 Å². The van der Waals surface area contributed by atoms with E-state index in [9.17, 15) is 0 Å². The van der Waals surface area contributed by atoms with Crippen LogP contribution in [0.2, 0.25) is 0 Å². The van der Waals surface area contributed by atoms with Crippen LogP contribution in [-0.2, 0) is 4.74 Å². The molecule has 2 radical (unpaired) electrons. The highest BCUT2D eigenvalue weighted by Crippen LogP contribution is 2.19. The molecule has 0 bridgehead atoms. The van der Waals surface area contributed by atoms with Gasteiger partial charge in [0.25, 0.3) is 0 Å².